The van der Waals surface area contributed by atoms with E-state index in [0.717, 1.165) is 39.5 Å². The first-order chi connectivity index (χ1) is 21.6. The predicted molar refractivity (Wildman–Crippen MR) is 171 cm³/mol. The summed E-state index contributed by atoms with van der Waals surface area (Å²) in [5.41, 5.74) is 8.70. The zero-order valence-electron chi connectivity index (χ0n) is 23.9. The van der Waals surface area contributed by atoms with Gasteiger partial charge in [-0.15, -0.1) is 18.3 Å². The fraction of sp³-hybridized carbons (Fsp3) is 0.194. The highest BCUT2D eigenvalue weighted by Gasteiger charge is 2.33. The first-order valence-electron chi connectivity index (χ1n) is 13.8. The maximum Gasteiger partial charge on any atom is 0.573 e. The summed E-state index contributed by atoms with van der Waals surface area (Å²) in [6, 6.07) is 17.7. The Labute approximate surface area is 265 Å². The summed E-state index contributed by atoms with van der Waals surface area (Å²) < 4.78 is 56.6. The Balaban J connectivity index is 1.13. The van der Waals surface area contributed by atoms with Crippen molar-refractivity contribution in [3.63, 3.8) is 0 Å². The minimum Gasteiger partial charge on any atom is -0.406 e. The second-order valence-electron chi connectivity index (χ2n) is 10.1. The van der Waals surface area contributed by atoms with Crippen LogP contribution in [0.5, 0.6) is 5.75 Å². The van der Waals surface area contributed by atoms with Crippen molar-refractivity contribution in [1.29, 1.82) is 0 Å². The lowest BCUT2D eigenvalue weighted by Crippen LogP contribution is -2.28. The summed E-state index contributed by atoms with van der Waals surface area (Å²) in [6.07, 6.45) is -0.528. The Morgan fingerprint density at radius 3 is 2.58 bits per heavy atom. The molecule has 2 aliphatic rings. The fourth-order valence-corrected chi connectivity index (χ4v) is 6.22. The van der Waals surface area contributed by atoms with E-state index >= 15 is 0 Å². The lowest BCUT2D eigenvalue weighted by atomic mass is 9.94. The number of aromatic nitrogens is 3. The van der Waals surface area contributed by atoms with Crippen LogP contribution in [-0.2, 0) is 0 Å². The average Bonchev–Trinajstić information content (AvgIpc) is 3.65. The van der Waals surface area contributed by atoms with Crippen LogP contribution in [0, 0.1) is 5.82 Å². The number of allylic oxidation sites excluding steroid dienone is 1. The molecule has 0 spiro atoms. The average molecular weight is 652 g/mol. The van der Waals surface area contributed by atoms with Crippen LogP contribution in [0.15, 0.2) is 94.9 Å². The van der Waals surface area contributed by atoms with Gasteiger partial charge >= 0.3 is 6.36 Å². The van der Waals surface area contributed by atoms with E-state index in [1.807, 2.05) is 43.0 Å². The molecule has 14 heteroatoms. The second-order valence-corrected chi connectivity index (χ2v) is 11.5. The number of anilines is 1. The van der Waals surface area contributed by atoms with Crippen molar-refractivity contribution in [3.8, 4) is 22.8 Å². The summed E-state index contributed by atoms with van der Waals surface area (Å²) in [4.78, 5) is 11.0. The number of amidine groups is 1. The van der Waals surface area contributed by atoms with Gasteiger partial charge in [-0.2, -0.15) is 10.1 Å². The number of nitrogens with zero attached hydrogens (tertiary/aromatic N) is 6. The van der Waals surface area contributed by atoms with E-state index in [9.17, 15) is 17.6 Å². The lowest BCUT2D eigenvalue weighted by Gasteiger charge is -2.29. The van der Waals surface area contributed by atoms with Crippen LogP contribution in [0.4, 0.5) is 23.2 Å². The second kappa shape index (κ2) is 12.4. The maximum absolute atomic E-state index is 13.9. The zero-order valence-corrected chi connectivity index (χ0v) is 25.5. The molecule has 45 heavy (non-hydrogen) atoms. The van der Waals surface area contributed by atoms with E-state index in [4.69, 9.17) is 12.2 Å². The van der Waals surface area contributed by atoms with Crippen molar-refractivity contribution in [2.45, 2.75) is 32.5 Å². The molecule has 0 amide bonds. The first-order valence-corrected chi connectivity index (χ1v) is 15.2. The number of hydrogen-bond donors (Lipinski definition) is 1. The van der Waals surface area contributed by atoms with Gasteiger partial charge in [0.15, 0.2) is 11.0 Å². The number of halogens is 4. The van der Waals surface area contributed by atoms with Gasteiger partial charge in [-0.3, -0.25) is 10.3 Å². The Hall–Kier alpha value is -4.56. The van der Waals surface area contributed by atoms with Gasteiger partial charge in [0.25, 0.3) is 0 Å². The molecule has 1 fully saturated rings. The molecule has 0 saturated carbocycles. The summed E-state index contributed by atoms with van der Waals surface area (Å²) in [5.74, 6) is 0.703. The molecule has 8 nitrogen and oxygen atoms in total. The van der Waals surface area contributed by atoms with Gasteiger partial charge in [-0.25, -0.2) is 14.1 Å². The minimum absolute atomic E-state index is 0.101. The van der Waals surface area contributed by atoms with Crippen LogP contribution in [0.2, 0.25) is 0 Å². The van der Waals surface area contributed by atoms with E-state index in [1.54, 1.807) is 23.9 Å². The molecular formula is C31H25F4N7OS2. The molecule has 1 aromatic heterocycles. The van der Waals surface area contributed by atoms with Gasteiger partial charge < -0.3 is 4.74 Å². The quantitative estimate of drug-likeness (QED) is 0.0997. The van der Waals surface area contributed by atoms with Crippen molar-refractivity contribution in [3.05, 3.63) is 102 Å². The number of thioether (sulfide) groups is 1. The van der Waals surface area contributed by atoms with Gasteiger partial charge in [0, 0.05) is 22.9 Å². The number of aliphatic imine (C=N–C) groups is 1. The van der Waals surface area contributed by atoms with Gasteiger partial charge in [-0.05, 0) is 72.2 Å². The number of benzene rings is 3. The van der Waals surface area contributed by atoms with Crippen molar-refractivity contribution >= 4 is 45.7 Å². The molecule has 2 aliphatic heterocycles. The Bertz CT molecular complexity index is 1830. The lowest BCUT2D eigenvalue weighted by molar-refractivity contribution is -0.274. The van der Waals surface area contributed by atoms with Crippen molar-refractivity contribution < 1.29 is 22.3 Å². The number of hydrogen-bond acceptors (Lipinski definition) is 6. The third-order valence-electron chi connectivity index (χ3n) is 7.11. The largest absolute Gasteiger partial charge is 0.573 e. The van der Waals surface area contributed by atoms with Crippen LogP contribution < -0.4 is 15.1 Å². The van der Waals surface area contributed by atoms with Crippen molar-refractivity contribution in [2.75, 3.05) is 10.7 Å². The standard InChI is InChI=1S/C31H25F4N7OS2/c1-3-26(38-39-29(44)37-30-42-23(16-45-30)14-18(2)25-15-21(32)8-13-27(25)42)19-4-6-20(7-5-19)28-36-17-41(40-28)22-9-11-24(12-10-22)43-31(33,34)35/h4-15,17-18H,3,16H2,1-2H3,(H,39,44)/b37-30-,38-26+. The van der Waals surface area contributed by atoms with Crippen LogP contribution in [-0.4, -0.2) is 42.9 Å². The fourth-order valence-electron chi connectivity index (χ4n) is 5.03. The number of fused-ring (bicyclic) bond motifs is 3. The summed E-state index contributed by atoms with van der Waals surface area (Å²) in [7, 11) is 0. The van der Waals surface area contributed by atoms with Crippen molar-refractivity contribution in [1.82, 2.24) is 20.2 Å². The van der Waals surface area contributed by atoms with E-state index in [0.29, 0.717) is 23.1 Å². The van der Waals surface area contributed by atoms with Gasteiger partial charge in [0.1, 0.15) is 17.9 Å². The number of rotatable bonds is 6. The molecule has 230 valence electrons. The highest BCUT2D eigenvalue weighted by atomic mass is 32.2. The number of nitrogens with one attached hydrogen (secondary N) is 1. The summed E-state index contributed by atoms with van der Waals surface area (Å²) >= 11 is 7.06. The molecule has 3 heterocycles. The van der Waals surface area contributed by atoms with Crippen molar-refractivity contribution in [2.24, 2.45) is 10.1 Å². The number of hydrazone groups is 1. The first kappa shape index (κ1) is 30.5. The third-order valence-corrected chi connectivity index (χ3v) is 8.27. The van der Waals surface area contributed by atoms with Crippen LogP contribution in [0.25, 0.3) is 17.1 Å². The normalized spacial score (nSPS) is 17.2. The number of thiocarbonyl (C=S) groups is 1. The monoisotopic (exact) mass is 651 g/mol. The van der Waals surface area contributed by atoms with E-state index in [1.165, 1.54) is 41.3 Å². The topological polar surface area (TPSA) is 79.9 Å². The van der Waals surface area contributed by atoms with Gasteiger partial charge in [0.05, 0.1) is 17.1 Å². The maximum atomic E-state index is 13.9. The smallest absolute Gasteiger partial charge is 0.406 e. The molecule has 1 atom stereocenters. The van der Waals surface area contributed by atoms with E-state index < -0.39 is 6.36 Å². The highest BCUT2D eigenvalue weighted by molar-refractivity contribution is 8.14. The molecule has 1 N–H and O–H groups in total. The van der Waals surface area contributed by atoms with E-state index in [-0.39, 0.29) is 22.6 Å². The van der Waals surface area contributed by atoms with Crippen LogP contribution in [0.3, 0.4) is 0 Å². The molecular weight excluding hydrogens is 627 g/mol. The minimum atomic E-state index is -4.76. The Kier molecular flexibility index (Phi) is 8.42. The molecule has 6 rings (SSSR count). The predicted octanol–water partition coefficient (Wildman–Crippen LogP) is 7.57. The molecule has 0 aliphatic carbocycles. The van der Waals surface area contributed by atoms with Crippen LogP contribution >= 0.6 is 24.0 Å². The third kappa shape index (κ3) is 6.76. The highest BCUT2D eigenvalue weighted by Crippen LogP contribution is 2.43. The Morgan fingerprint density at radius 1 is 1.11 bits per heavy atom. The number of ether oxygens (including phenoxy) is 1. The Morgan fingerprint density at radius 2 is 1.87 bits per heavy atom. The summed E-state index contributed by atoms with van der Waals surface area (Å²) in [6.45, 7) is 4.03. The SMILES string of the molecule is CC/C(=N\NC(=S)/N=C1\SCC2=CC(C)c3cc(F)ccc3N21)c1ccc(-c2ncn(-c3ccc(OC(F)(F)F)cc3)n2)cc1. The number of alkyl halides is 3. The molecule has 1 unspecified atom stereocenters. The van der Waals surface area contributed by atoms with Gasteiger partial charge in [-0.1, -0.05) is 56.0 Å². The van der Waals surface area contributed by atoms with E-state index in [2.05, 4.69) is 36.4 Å². The molecule has 1 saturated heterocycles. The molecule has 4 aromatic rings. The molecule has 0 radical (unpaired) electrons. The van der Waals surface area contributed by atoms with Crippen LogP contribution in [0.1, 0.15) is 37.3 Å². The van der Waals surface area contributed by atoms with Gasteiger partial charge in [0.2, 0.25) is 5.11 Å². The zero-order chi connectivity index (χ0) is 31.7. The molecule has 0 bridgehead atoms. The molecule has 3 aromatic carbocycles. The summed E-state index contributed by atoms with van der Waals surface area (Å²) in [5, 5.41) is 9.87.